The number of primary amides is 1. The molecule has 30 heavy (non-hydrogen) atoms. The Morgan fingerprint density at radius 2 is 1.87 bits per heavy atom. The third-order valence-electron chi connectivity index (χ3n) is 6.42. The van der Waals surface area contributed by atoms with Crippen LogP contribution in [0.2, 0.25) is 0 Å². The Kier molecular flexibility index (Phi) is 5.08. The first-order chi connectivity index (χ1) is 14.6. The van der Waals surface area contributed by atoms with Gasteiger partial charge in [0.15, 0.2) is 0 Å². The molecule has 3 atom stereocenters. The number of para-hydroxylation sites is 1. The van der Waals surface area contributed by atoms with Crippen molar-refractivity contribution in [2.75, 3.05) is 7.05 Å². The van der Waals surface area contributed by atoms with Crippen LogP contribution in [0.5, 0.6) is 10.9 Å². The van der Waals surface area contributed by atoms with Gasteiger partial charge in [-0.25, -0.2) is 9.78 Å². The number of nitrogens with zero attached hydrogens (tertiary/aromatic N) is 3. The van der Waals surface area contributed by atoms with E-state index >= 15 is 0 Å². The van der Waals surface area contributed by atoms with E-state index in [9.17, 15) is 4.79 Å². The summed E-state index contributed by atoms with van der Waals surface area (Å²) < 4.78 is 7.08. The molecule has 5 rings (SSSR count). The lowest BCUT2D eigenvalue weighted by Crippen LogP contribution is -2.53. The Labute approximate surface area is 180 Å². The van der Waals surface area contributed by atoms with E-state index in [0.717, 1.165) is 48.2 Å². The Balaban J connectivity index is 1.20. The van der Waals surface area contributed by atoms with Crippen molar-refractivity contribution in [1.29, 1.82) is 0 Å². The van der Waals surface area contributed by atoms with Crippen LogP contribution < -0.4 is 10.5 Å². The summed E-state index contributed by atoms with van der Waals surface area (Å²) in [5, 5.41) is 0.665. The van der Waals surface area contributed by atoms with Crippen LogP contribution in [0.3, 0.4) is 0 Å². The molecule has 3 aromatic rings. The molecule has 0 saturated carbocycles. The molecule has 2 saturated heterocycles. The summed E-state index contributed by atoms with van der Waals surface area (Å²) in [6.45, 7) is 0.877. The zero-order valence-corrected chi connectivity index (χ0v) is 17.8. The number of urea groups is 1. The lowest BCUT2D eigenvalue weighted by atomic mass is 9.96. The Morgan fingerprint density at radius 1 is 1.17 bits per heavy atom. The summed E-state index contributed by atoms with van der Waals surface area (Å²) in [5.41, 5.74) is 7.80. The Morgan fingerprint density at radius 3 is 2.53 bits per heavy atom. The van der Waals surface area contributed by atoms with Crippen molar-refractivity contribution in [2.45, 2.75) is 50.4 Å². The largest absolute Gasteiger partial charge is 0.431 e. The second-order valence-corrected chi connectivity index (χ2v) is 9.36. The number of fused-ring (bicyclic) bond motifs is 3. The van der Waals surface area contributed by atoms with Crippen LogP contribution in [0.1, 0.15) is 31.2 Å². The highest BCUT2D eigenvalue weighted by Gasteiger charge is 2.43. The maximum Gasteiger partial charge on any atom is 0.315 e. The Bertz CT molecular complexity index is 1000. The molecule has 2 bridgehead atoms. The van der Waals surface area contributed by atoms with Crippen molar-refractivity contribution in [3.8, 4) is 10.9 Å². The molecule has 1 aromatic heterocycles. The van der Waals surface area contributed by atoms with Crippen molar-refractivity contribution in [3.63, 3.8) is 0 Å². The van der Waals surface area contributed by atoms with Crippen molar-refractivity contribution >= 4 is 27.6 Å². The summed E-state index contributed by atoms with van der Waals surface area (Å²) in [7, 11) is 2.18. The number of rotatable bonds is 5. The number of amides is 2. The van der Waals surface area contributed by atoms with Crippen molar-refractivity contribution in [1.82, 2.24) is 14.8 Å². The number of ether oxygens (including phenoxy) is 1. The van der Waals surface area contributed by atoms with Crippen LogP contribution in [0, 0.1) is 0 Å². The second-order valence-electron chi connectivity index (χ2n) is 8.36. The fourth-order valence-corrected chi connectivity index (χ4v) is 5.78. The van der Waals surface area contributed by atoms with Gasteiger partial charge in [-0.3, -0.25) is 4.90 Å². The molecule has 156 valence electrons. The number of carbonyl (C=O) groups is 1. The summed E-state index contributed by atoms with van der Waals surface area (Å²) >= 11 is 1.56. The number of thiazole rings is 1. The molecule has 2 amide bonds. The molecule has 2 N–H and O–H groups in total. The Hall–Kier alpha value is -2.64. The average Bonchev–Trinajstić information content (AvgIpc) is 3.26. The lowest BCUT2D eigenvalue weighted by Gasteiger charge is -2.41. The number of hydrogen-bond acceptors (Lipinski definition) is 5. The van der Waals surface area contributed by atoms with Crippen LogP contribution in [0.4, 0.5) is 4.79 Å². The van der Waals surface area contributed by atoms with Gasteiger partial charge in [0.1, 0.15) is 5.75 Å². The van der Waals surface area contributed by atoms with E-state index in [-0.39, 0.29) is 6.03 Å². The van der Waals surface area contributed by atoms with Crippen molar-refractivity contribution < 1.29 is 9.53 Å². The third kappa shape index (κ3) is 3.75. The molecule has 0 radical (unpaired) electrons. The van der Waals surface area contributed by atoms with Crippen LogP contribution in [0.15, 0.2) is 48.5 Å². The summed E-state index contributed by atoms with van der Waals surface area (Å²) in [4.78, 5) is 20.6. The smallest absolute Gasteiger partial charge is 0.315 e. The summed E-state index contributed by atoms with van der Waals surface area (Å²) in [6, 6.07) is 17.1. The summed E-state index contributed by atoms with van der Waals surface area (Å²) in [5.74, 6) is 0.799. The molecular formula is C23H26N4O2S. The van der Waals surface area contributed by atoms with Gasteiger partial charge in [0.2, 0.25) is 0 Å². The van der Waals surface area contributed by atoms with Crippen LogP contribution in [0.25, 0.3) is 10.2 Å². The first kappa shape index (κ1) is 19.3. The number of carbonyl (C=O) groups excluding carboxylic acids is 1. The second kappa shape index (κ2) is 7.89. The van der Waals surface area contributed by atoms with E-state index < -0.39 is 0 Å². The molecule has 6 nitrogen and oxygen atoms in total. The van der Waals surface area contributed by atoms with Gasteiger partial charge >= 0.3 is 6.03 Å². The van der Waals surface area contributed by atoms with Gasteiger partial charge in [-0.2, -0.15) is 0 Å². The number of aromatic nitrogens is 1. The van der Waals surface area contributed by atoms with Gasteiger partial charge in [0, 0.05) is 24.7 Å². The number of piperidine rings is 1. The minimum absolute atomic E-state index is 0.257. The van der Waals surface area contributed by atoms with E-state index in [1.54, 1.807) is 11.3 Å². The van der Waals surface area contributed by atoms with Crippen LogP contribution in [-0.4, -0.2) is 46.0 Å². The minimum atomic E-state index is -0.257. The highest BCUT2D eigenvalue weighted by Crippen LogP contribution is 2.37. The normalized spacial score (nSPS) is 23.3. The highest BCUT2D eigenvalue weighted by molar-refractivity contribution is 7.20. The highest BCUT2D eigenvalue weighted by atomic mass is 32.1. The third-order valence-corrected chi connectivity index (χ3v) is 7.34. The predicted molar refractivity (Wildman–Crippen MR) is 119 cm³/mol. The first-order valence-corrected chi connectivity index (χ1v) is 11.3. The van der Waals surface area contributed by atoms with E-state index in [1.165, 1.54) is 5.56 Å². The fraction of sp³-hybridized carbons (Fsp3) is 0.391. The van der Waals surface area contributed by atoms with Gasteiger partial charge in [-0.15, -0.1) is 0 Å². The van der Waals surface area contributed by atoms with Crippen LogP contribution in [-0.2, 0) is 6.54 Å². The molecule has 7 heteroatoms. The molecule has 2 fully saturated rings. The average molecular weight is 423 g/mol. The van der Waals surface area contributed by atoms with E-state index in [4.69, 9.17) is 10.5 Å². The standard InChI is InChI=1S/C23H26N4O2S/c1-26(18-12-16-8-9-17(13-18)27(16)22(24)28)14-15-6-10-19(11-7-15)29-23-25-20-4-2-3-5-21(20)30-23/h2-7,10-11,16-18H,8-9,12-14H2,1H3,(H2,24,28)/t16-,17?,18+/m1/s1. The van der Waals surface area contributed by atoms with Gasteiger partial charge in [-0.05, 0) is 62.6 Å². The quantitative estimate of drug-likeness (QED) is 0.653. The van der Waals surface area contributed by atoms with E-state index in [1.807, 2.05) is 35.2 Å². The van der Waals surface area contributed by atoms with E-state index in [2.05, 4.69) is 35.1 Å². The maximum atomic E-state index is 11.7. The van der Waals surface area contributed by atoms with Gasteiger partial charge < -0.3 is 15.4 Å². The summed E-state index contributed by atoms with van der Waals surface area (Å²) in [6.07, 6.45) is 4.18. The zero-order chi connectivity index (χ0) is 20.7. The molecular weight excluding hydrogens is 396 g/mol. The molecule has 3 heterocycles. The molecule has 0 aliphatic carbocycles. The molecule has 0 spiro atoms. The van der Waals surface area contributed by atoms with Crippen LogP contribution >= 0.6 is 11.3 Å². The molecule has 2 aromatic carbocycles. The SMILES string of the molecule is CN(Cc1ccc(Oc2nc3ccccc3s2)cc1)[C@@H]1CC2CC[C@H](C1)N2C(N)=O. The number of nitrogens with two attached hydrogens (primary N) is 1. The van der Waals surface area contributed by atoms with Gasteiger partial charge in [0.25, 0.3) is 5.19 Å². The van der Waals surface area contributed by atoms with Crippen molar-refractivity contribution in [3.05, 3.63) is 54.1 Å². The monoisotopic (exact) mass is 422 g/mol. The minimum Gasteiger partial charge on any atom is -0.431 e. The fourth-order valence-electron chi connectivity index (χ4n) is 4.94. The maximum absolute atomic E-state index is 11.7. The number of hydrogen-bond donors (Lipinski definition) is 1. The first-order valence-electron chi connectivity index (χ1n) is 10.5. The van der Waals surface area contributed by atoms with E-state index in [0.29, 0.717) is 23.3 Å². The van der Waals surface area contributed by atoms with Gasteiger partial charge in [0.05, 0.1) is 10.2 Å². The molecule has 2 aliphatic rings. The molecule has 2 aliphatic heterocycles. The molecule has 1 unspecified atom stereocenters. The number of benzene rings is 2. The van der Waals surface area contributed by atoms with Crippen molar-refractivity contribution in [2.24, 2.45) is 5.73 Å². The van der Waals surface area contributed by atoms with Gasteiger partial charge in [-0.1, -0.05) is 35.6 Å². The predicted octanol–water partition coefficient (Wildman–Crippen LogP) is 4.59. The lowest BCUT2D eigenvalue weighted by molar-refractivity contribution is 0.0904. The zero-order valence-electron chi connectivity index (χ0n) is 17.0. The topological polar surface area (TPSA) is 71.7 Å².